The van der Waals surface area contributed by atoms with Gasteiger partial charge < -0.3 is 14.9 Å². The molecule has 0 spiro atoms. The van der Waals surface area contributed by atoms with Crippen LogP contribution in [0.1, 0.15) is 32.1 Å². The minimum atomic E-state index is -0.535. The molecule has 1 heterocycles. The second kappa shape index (κ2) is 7.07. The number of carbonyl (C=O) groups excluding carboxylic acids is 1. The Morgan fingerprint density at radius 3 is 2.48 bits per heavy atom. The van der Waals surface area contributed by atoms with Crippen LogP contribution in [0.4, 0.5) is 0 Å². The van der Waals surface area contributed by atoms with Gasteiger partial charge in [0.15, 0.2) is 0 Å². The Balaban J connectivity index is 1.99. The van der Waals surface area contributed by atoms with Crippen LogP contribution < -0.4 is 0 Å². The van der Waals surface area contributed by atoms with Gasteiger partial charge in [0, 0.05) is 46.8 Å². The first kappa shape index (κ1) is 16.7. The monoisotopic (exact) mass is 297 g/mol. The van der Waals surface area contributed by atoms with Gasteiger partial charge in [-0.15, -0.1) is 0 Å². The lowest BCUT2D eigenvalue weighted by molar-refractivity contribution is -0.134. The van der Waals surface area contributed by atoms with Gasteiger partial charge in [-0.3, -0.25) is 9.69 Å². The van der Waals surface area contributed by atoms with Crippen molar-refractivity contribution in [1.29, 1.82) is 0 Å². The number of hydrogen-bond donors (Lipinski definition) is 1. The van der Waals surface area contributed by atoms with Gasteiger partial charge in [0.1, 0.15) is 0 Å². The molecule has 1 aliphatic heterocycles. The molecule has 0 radical (unpaired) electrons. The number of hydrogen-bond acceptors (Lipinski definition) is 4. The third-order valence-electron chi connectivity index (χ3n) is 4.90. The third kappa shape index (κ3) is 4.66. The van der Waals surface area contributed by atoms with Gasteiger partial charge in [-0.1, -0.05) is 19.3 Å². The summed E-state index contributed by atoms with van der Waals surface area (Å²) in [7, 11) is 5.73. The number of aliphatic hydroxyl groups is 1. The average Bonchev–Trinajstić information content (AvgIpc) is 2.60. The van der Waals surface area contributed by atoms with Crippen LogP contribution in [0.15, 0.2) is 0 Å². The van der Waals surface area contributed by atoms with Crippen LogP contribution in [0.5, 0.6) is 0 Å². The third-order valence-corrected chi connectivity index (χ3v) is 4.90. The molecule has 5 nitrogen and oxygen atoms in total. The second-order valence-electron chi connectivity index (χ2n) is 7.21. The predicted molar refractivity (Wildman–Crippen MR) is 84.2 cm³/mol. The van der Waals surface area contributed by atoms with E-state index in [2.05, 4.69) is 16.8 Å². The fraction of sp³-hybridized carbons (Fsp3) is 0.938. The van der Waals surface area contributed by atoms with Crippen molar-refractivity contribution in [2.45, 2.75) is 37.7 Å². The Hall–Kier alpha value is -0.650. The van der Waals surface area contributed by atoms with Gasteiger partial charge in [-0.05, 0) is 19.9 Å². The van der Waals surface area contributed by atoms with Crippen LogP contribution in [-0.4, -0.2) is 85.2 Å². The van der Waals surface area contributed by atoms with Crippen LogP contribution in [0, 0.1) is 5.92 Å². The van der Waals surface area contributed by atoms with Crippen molar-refractivity contribution in [2.24, 2.45) is 5.92 Å². The normalized spacial score (nSPS) is 28.1. The molecule has 0 unspecified atom stereocenters. The van der Waals surface area contributed by atoms with Gasteiger partial charge in [0.05, 0.1) is 11.5 Å². The average molecular weight is 297 g/mol. The van der Waals surface area contributed by atoms with Crippen molar-refractivity contribution < 1.29 is 9.90 Å². The molecule has 1 amide bonds. The fourth-order valence-corrected chi connectivity index (χ4v) is 3.69. The summed E-state index contributed by atoms with van der Waals surface area (Å²) in [6.45, 7) is 4.21. The SMILES string of the molecule is CN1CCN(CC2(O)CCCCC2)C[C@H](C(=O)N(C)C)C1. The molecule has 2 fully saturated rings. The Bertz CT molecular complexity index is 353. The van der Waals surface area contributed by atoms with Crippen molar-refractivity contribution in [1.82, 2.24) is 14.7 Å². The first-order valence-electron chi connectivity index (χ1n) is 8.24. The molecule has 1 saturated heterocycles. The molecule has 0 bridgehead atoms. The highest BCUT2D eigenvalue weighted by molar-refractivity contribution is 5.78. The summed E-state index contributed by atoms with van der Waals surface area (Å²) in [6.07, 6.45) is 5.32. The smallest absolute Gasteiger partial charge is 0.227 e. The van der Waals surface area contributed by atoms with Gasteiger partial charge in [-0.25, -0.2) is 0 Å². The molecule has 5 heteroatoms. The maximum atomic E-state index is 12.3. The first-order valence-corrected chi connectivity index (χ1v) is 8.24. The summed E-state index contributed by atoms with van der Waals surface area (Å²) in [6, 6.07) is 0. The van der Waals surface area contributed by atoms with E-state index in [1.54, 1.807) is 4.90 Å². The number of rotatable bonds is 3. The molecule has 2 aliphatic rings. The van der Waals surface area contributed by atoms with E-state index in [9.17, 15) is 9.90 Å². The molecule has 1 aliphatic carbocycles. The zero-order valence-electron chi connectivity index (χ0n) is 13.8. The summed E-state index contributed by atoms with van der Waals surface area (Å²) in [5, 5.41) is 10.8. The van der Waals surface area contributed by atoms with Crippen LogP contribution in [0.3, 0.4) is 0 Å². The lowest BCUT2D eigenvalue weighted by Crippen LogP contribution is -2.47. The molecule has 122 valence electrons. The maximum Gasteiger partial charge on any atom is 0.227 e. The molecule has 0 aromatic carbocycles. The zero-order valence-corrected chi connectivity index (χ0v) is 13.8. The first-order chi connectivity index (χ1) is 9.89. The van der Waals surface area contributed by atoms with Crippen LogP contribution >= 0.6 is 0 Å². The van der Waals surface area contributed by atoms with E-state index >= 15 is 0 Å². The van der Waals surface area contributed by atoms with Crippen molar-refractivity contribution in [3.63, 3.8) is 0 Å². The minimum Gasteiger partial charge on any atom is -0.389 e. The Morgan fingerprint density at radius 1 is 1.19 bits per heavy atom. The summed E-state index contributed by atoms with van der Waals surface area (Å²) in [4.78, 5) is 18.6. The number of β-amino-alcohol motifs (C(OH)–C–C–N with tert-alkyl or cyclic N) is 1. The molecule has 0 aromatic heterocycles. The molecular formula is C16H31N3O2. The lowest BCUT2D eigenvalue weighted by Gasteiger charge is -2.37. The van der Waals surface area contributed by atoms with Gasteiger partial charge in [0.2, 0.25) is 5.91 Å². The maximum absolute atomic E-state index is 12.3. The highest BCUT2D eigenvalue weighted by atomic mass is 16.3. The van der Waals surface area contributed by atoms with Crippen molar-refractivity contribution >= 4 is 5.91 Å². The Kier molecular flexibility index (Phi) is 5.63. The quantitative estimate of drug-likeness (QED) is 0.830. The molecule has 1 saturated carbocycles. The van der Waals surface area contributed by atoms with E-state index in [1.807, 2.05) is 14.1 Å². The molecule has 21 heavy (non-hydrogen) atoms. The lowest BCUT2D eigenvalue weighted by atomic mass is 9.84. The van der Waals surface area contributed by atoms with E-state index in [4.69, 9.17) is 0 Å². The number of carbonyl (C=O) groups is 1. The van der Waals surface area contributed by atoms with Crippen LogP contribution in [-0.2, 0) is 4.79 Å². The zero-order chi connectivity index (χ0) is 15.5. The molecule has 0 aromatic rings. The predicted octanol–water partition coefficient (Wildman–Crippen LogP) is 0.633. The van der Waals surface area contributed by atoms with E-state index in [1.165, 1.54) is 6.42 Å². The molecule has 1 atom stereocenters. The van der Waals surface area contributed by atoms with E-state index in [-0.39, 0.29) is 11.8 Å². The van der Waals surface area contributed by atoms with Crippen LogP contribution in [0.25, 0.3) is 0 Å². The number of likely N-dealkylation sites (N-methyl/N-ethyl adjacent to an activating group) is 1. The summed E-state index contributed by atoms with van der Waals surface area (Å²) < 4.78 is 0. The van der Waals surface area contributed by atoms with E-state index in [0.717, 1.165) is 58.4 Å². The van der Waals surface area contributed by atoms with Gasteiger partial charge >= 0.3 is 0 Å². The van der Waals surface area contributed by atoms with Gasteiger partial charge in [-0.2, -0.15) is 0 Å². The summed E-state index contributed by atoms with van der Waals surface area (Å²) in [5.74, 6) is 0.212. The van der Waals surface area contributed by atoms with Gasteiger partial charge in [0.25, 0.3) is 0 Å². The molecular weight excluding hydrogens is 266 g/mol. The highest BCUT2D eigenvalue weighted by Gasteiger charge is 2.34. The minimum absolute atomic E-state index is 0.0136. The molecule has 2 rings (SSSR count). The fourth-order valence-electron chi connectivity index (χ4n) is 3.69. The van der Waals surface area contributed by atoms with Crippen molar-refractivity contribution in [3.8, 4) is 0 Å². The Labute approximate surface area is 128 Å². The summed E-state index contributed by atoms with van der Waals surface area (Å²) >= 11 is 0. The number of nitrogens with zero attached hydrogens (tertiary/aromatic N) is 3. The Morgan fingerprint density at radius 2 is 1.86 bits per heavy atom. The number of amides is 1. The van der Waals surface area contributed by atoms with E-state index in [0.29, 0.717) is 0 Å². The molecule has 1 N–H and O–H groups in total. The standard InChI is InChI=1S/C16H31N3O2/c1-17(2)15(20)14-11-18(3)9-10-19(12-14)13-16(21)7-5-4-6-8-16/h14,21H,4-13H2,1-3H3/t14-/m1/s1. The summed E-state index contributed by atoms with van der Waals surface area (Å²) in [5.41, 5.74) is -0.535. The largest absolute Gasteiger partial charge is 0.389 e. The second-order valence-corrected chi connectivity index (χ2v) is 7.21. The van der Waals surface area contributed by atoms with Crippen molar-refractivity contribution in [3.05, 3.63) is 0 Å². The van der Waals surface area contributed by atoms with Crippen molar-refractivity contribution in [2.75, 3.05) is 53.9 Å². The van der Waals surface area contributed by atoms with Crippen LogP contribution in [0.2, 0.25) is 0 Å². The highest BCUT2D eigenvalue weighted by Crippen LogP contribution is 2.29. The topological polar surface area (TPSA) is 47.0 Å². The van der Waals surface area contributed by atoms with E-state index < -0.39 is 5.60 Å².